The van der Waals surface area contributed by atoms with Gasteiger partial charge >= 0.3 is 0 Å². The Morgan fingerprint density at radius 3 is 1.74 bits per heavy atom. The Morgan fingerprint density at radius 2 is 1.35 bits per heavy atom. The molecule has 0 heterocycles. The molecule has 0 saturated heterocycles. The van der Waals surface area contributed by atoms with E-state index in [4.69, 9.17) is 0 Å². The maximum Gasteiger partial charge on any atom is 0.118 e. The molecule has 1 saturated carbocycles. The Balaban J connectivity index is 2.08. The second-order valence-corrected chi connectivity index (χ2v) is 7.67. The van der Waals surface area contributed by atoms with Gasteiger partial charge in [-0.1, -0.05) is 74.5 Å². The predicted molar refractivity (Wildman–Crippen MR) is 95.2 cm³/mol. The first-order chi connectivity index (χ1) is 10.9. The molecule has 0 spiro atoms. The van der Waals surface area contributed by atoms with Gasteiger partial charge in [-0.05, 0) is 36.6 Å². The van der Waals surface area contributed by atoms with Gasteiger partial charge in [-0.25, -0.2) is 0 Å². The zero-order chi connectivity index (χ0) is 16.7. The highest BCUT2D eigenvalue weighted by molar-refractivity contribution is 5.40. The Bertz CT molecular complexity index is 609. The van der Waals surface area contributed by atoms with Crippen LogP contribution in [0.1, 0.15) is 25.0 Å². The van der Waals surface area contributed by atoms with E-state index in [0.717, 1.165) is 17.7 Å². The molecule has 2 aromatic carbocycles. The minimum Gasteiger partial charge on any atom is -0.380 e. The van der Waals surface area contributed by atoms with Gasteiger partial charge in [-0.15, -0.1) is 0 Å². The van der Waals surface area contributed by atoms with E-state index in [1.54, 1.807) is 0 Å². The minimum atomic E-state index is -0.938. The van der Waals surface area contributed by atoms with Gasteiger partial charge in [0.1, 0.15) is 5.60 Å². The first-order valence-corrected chi connectivity index (χ1v) is 8.36. The van der Waals surface area contributed by atoms with Gasteiger partial charge in [0.2, 0.25) is 0 Å². The molecule has 2 aromatic rings. The summed E-state index contributed by atoms with van der Waals surface area (Å²) in [7, 11) is 4.21. The summed E-state index contributed by atoms with van der Waals surface area (Å²) < 4.78 is 0. The van der Waals surface area contributed by atoms with Crippen LogP contribution in [0, 0.1) is 17.3 Å². The summed E-state index contributed by atoms with van der Waals surface area (Å²) in [4.78, 5) is 2.23. The Morgan fingerprint density at radius 1 is 0.913 bits per heavy atom. The average Bonchev–Trinajstić information content (AvgIpc) is 3.08. The van der Waals surface area contributed by atoms with E-state index in [2.05, 4.69) is 32.8 Å². The smallest absolute Gasteiger partial charge is 0.118 e. The summed E-state index contributed by atoms with van der Waals surface area (Å²) in [5.74, 6) is 0.685. The summed E-state index contributed by atoms with van der Waals surface area (Å²) >= 11 is 0. The molecule has 1 aliphatic carbocycles. The van der Waals surface area contributed by atoms with E-state index in [1.165, 1.54) is 0 Å². The van der Waals surface area contributed by atoms with Crippen LogP contribution in [0.3, 0.4) is 0 Å². The van der Waals surface area contributed by atoms with Gasteiger partial charge < -0.3 is 10.0 Å². The number of aliphatic hydroxyl groups is 1. The van der Waals surface area contributed by atoms with Crippen molar-refractivity contribution >= 4 is 0 Å². The highest BCUT2D eigenvalue weighted by Gasteiger charge is 2.66. The molecule has 0 aliphatic heterocycles. The second-order valence-electron chi connectivity index (χ2n) is 7.67. The van der Waals surface area contributed by atoms with E-state index in [1.807, 2.05) is 60.7 Å². The van der Waals surface area contributed by atoms with Crippen LogP contribution in [0.15, 0.2) is 60.7 Å². The van der Waals surface area contributed by atoms with Crippen LogP contribution in [-0.4, -0.2) is 30.6 Å². The van der Waals surface area contributed by atoms with Gasteiger partial charge in [0.15, 0.2) is 0 Å². The maximum atomic E-state index is 11.9. The van der Waals surface area contributed by atoms with E-state index < -0.39 is 5.60 Å². The van der Waals surface area contributed by atoms with Crippen molar-refractivity contribution in [1.29, 1.82) is 0 Å². The highest BCUT2D eigenvalue weighted by atomic mass is 16.3. The second kappa shape index (κ2) is 5.77. The molecule has 0 unspecified atom stereocenters. The first kappa shape index (κ1) is 16.2. The van der Waals surface area contributed by atoms with Gasteiger partial charge in [0, 0.05) is 12.5 Å². The van der Waals surface area contributed by atoms with Gasteiger partial charge in [-0.3, -0.25) is 0 Å². The topological polar surface area (TPSA) is 23.5 Å². The number of rotatable bonds is 5. The molecule has 1 aliphatic rings. The Labute approximate surface area is 139 Å². The molecule has 0 amide bonds. The van der Waals surface area contributed by atoms with Crippen LogP contribution in [0.4, 0.5) is 0 Å². The van der Waals surface area contributed by atoms with Gasteiger partial charge in [-0.2, -0.15) is 0 Å². The summed E-state index contributed by atoms with van der Waals surface area (Å²) in [6.45, 7) is 5.56. The number of nitrogens with zero attached hydrogens (tertiary/aromatic N) is 1. The van der Waals surface area contributed by atoms with Gasteiger partial charge in [0.25, 0.3) is 0 Å². The van der Waals surface area contributed by atoms with E-state index in [-0.39, 0.29) is 11.3 Å². The predicted octanol–water partition coefficient (Wildman–Crippen LogP) is 3.76. The molecule has 0 bridgehead atoms. The van der Waals surface area contributed by atoms with Crippen LogP contribution in [-0.2, 0) is 5.60 Å². The maximum absolute atomic E-state index is 11.9. The number of hydrogen-bond donors (Lipinski definition) is 1. The lowest BCUT2D eigenvalue weighted by Crippen LogP contribution is -2.33. The number of benzene rings is 2. The van der Waals surface area contributed by atoms with Crippen LogP contribution in [0.25, 0.3) is 0 Å². The summed E-state index contributed by atoms with van der Waals surface area (Å²) in [5.41, 5.74) is 1.16. The van der Waals surface area contributed by atoms with Gasteiger partial charge in [0.05, 0.1) is 0 Å². The van der Waals surface area contributed by atoms with E-state index in [9.17, 15) is 5.11 Å². The molecule has 3 rings (SSSR count). The normalized spacial score (nSPS) is 23.0. The van der Waals surface area contributed by atoms with Crippen molar-refractivity contribution in [3.8, 4) is 0 Å². The average molecular weight is 309 g/mol. The van der Waals surface area contributed by atoms with E-state index in [0.29, 0.717) is 5.92 Å². The molecule has 2 atom stereocenters. The standard InChI is InChI=1S/C21H27NO/c1-20(2)18(15-22(3)4)19(20)21(23,16-11-7-5-8-12-16)17-13-9-6-10-14-17/h5-14,18-19,23H,15H2,1-4H3/t18-,19+/m0/s1. The zero-order valence-electron chi connectivity index (χ0n) is 14.5. The summed E-state index contributed by atoms with van der Waals surface area (Å²) in [6, 6.07) is 20.3. The molecular weight excluding hydrogens is 282 g/mol. The van der Waals surface area contributed by atoms with Crippen molar-refractivity contribution in [3.63, 3.8) is 0 Å². The Kier molecular flexibility index (Phi) is 4.07. The van der Waals surface area contributed by atoms with Crippen LogP contribution in [0.2, 0.25) is 0 Å². The third-order valence-corrected chi connectivity index (χ3v) is 5.49. The van der Waals surface area contributed by atoms with Crippen LogP contribution in [0.5, 0.6) is 0 Å². The molecule has 23 heavy (non-hydrogen) atoms. The SMILES string of the molecule is CN(C)C[C@H]1[C@@H](C(O)(c2ccccc2)c2ccccc2)C1(C)C. The monoisotopic (exact) mass is 309 g/mol. The molecule has 1 fully saturated rings. The number of hydrogen-bond acceptors (Lipinski definition) is 2. The fourth-order valence-electron chi connectivity index (χ4n) is 4.22. The van der Waals surface area contributed by atoms with Crippen molar-refractivity contribution in [2.45, 2.75) is 19.4 Å². The Hall–Kier alpha value is -1.64. The fourth-order valence-corrected chi connectivity index (χ4v) is 4.22. The lowest BCUT2D eigenvalue weighted by Gasteiger charge is -2.31. The van der Waals surface area contributed by atoms with Crippen molar-refractivity contribution < 1.29 is 5.11 Å². The third-order valence-electron chi connectivity index (χ3n) is 5.49. The first-order valence-electron chi connectivity index (χ1n) is 8.36. The molecule has 0 radical (unpaired) electrons. The van der Waals surface area contributed by atoms with Crippen molar-refractivity contribution in [3.05, 3.63) is 71.8 Å². The fraction of sp³-hybridized carbons (Fsp3) is 0.429. The largest absolute Gasteiger partial charge is 0.380 e. The van der Waals surface area contributed by atoms with Crippen LogP contribution < -0.4 is 0 Å². The van der Waals surface area contributed by atoms with Crippen LogP contribution >= 0.6 is 0 Å². The van der Waals surface area contributed by atoms with Crippen molar-refractivity contribution in [2.75, 3.05) is 20.6 Å². The summed E-state index contributed by atoms with van der Waals surface area (Å²) in [6.07, 6.45) is 0. The van der Waals surface area contributed by atoms with E-state index >= 15 is 0 Å². The minimum absolute atomic E-state index is 0.116. The molecule has 2 heteroatoms. The third kappa shape index (κ3) is 2.71. The molecule has 2 nitrogen and oxygen atoms in total. The highest BCUT2D eigenvalue weighted by Crippen LogP contribution is 2.66. The molecule has 122 valence electrons. The molecular formula is C21H27NO. The van der Waals surface area contributed by atoms with Crippen molar-refractivity contribution in [2.24, 2.45) is 17.3 Å². The molecule has 0 aromatic heterocycles. The zero-order valence-corrected chi connectivity index (χ0v) is 14.5. The lowest BCUT2D eigenvalue weighted by molar-refractivity contribution is 0.0395. The molecule has 1 N–H and O–H groups in total. The quantitative estimate of drug-likeness (QED) is 0.909. The van der Waals surface area contributed by atoms with Crippen molar-refractivity contribution in [1.82, 2.24) is 4.90 Å². The lowest BCUT2D eigenvalue weighted by atomic mass is 9.79. The summed E-state index contributed by atoms with van der Waals surface area (Å²) in [5, 5.41) is 11.9.